The van der Waals surface area contributed by atoms with Crippen LogP contribution in [-0.4, -0.2) is 12.4 Å². The van der Waals surface area contributed by atoms with Crippen LogP contribution in [0.1, 0.15) is 21.5 Å². The van der Waals surface area contributed by atoms with Gasteiger partial charge in [0, 0.05) is 5.56 Å². The highest BCUT2D eigenvalue weighted by Crippen LogP contribution is 2.32. The summed E-state index contributed by atoms with van der Waals surface area (Å²) >= 11 is 12.0. The summed E-state index contributed by atoms with van der Waals surface area (Å²) in [4.78, 5) is 12.2. The van der Waals surface area contributed by atoms with E-state index in [9.17, 15) is 4.79 Å². The molecule has 0 aliphatic rings. The maximum absolute atomic E-state index is 12.2. The van der Waals surface area contributed by atoms with Gasteiger partial charge in [0.15, 0.2) is 18.1 Å². The second kappa shape index (κ2) is 6.29. The minimum absolute atomic E-state index is 0.0899. The lowest BCUT2D eigenvalue weighted by Gasteiger charge is -2.10. The van der Waals surface area contributed by atoms with Crippen LogP contribution < -0.4 is 4.74 Å². The monoisotopic (exact) mass is 308 g/mol. The van der Waals surface area contributed by atoms with Gasteiger partial charge in [0.1, 0.15) is 0 Å². The molecule has 0 aliphatic heterocycles. The molecule has 0 N–H and O–H groups in total. The fraction of sp³-hybridized carbons (Fsp3) is 0.188. The van der Waals surface area contributed by atoms with Crippen LogP contribution in [0.2, 0.25) is 10.0 Å². The summed E-state index contributed by atoms with van der Waals surface area (Å²) in [6, 6.07) is 10.8. The molecule has 0 aromatic heterocycles. The molecule has 0 aliphatic carbocycles. The molecule has 0 heterocycles. The molecule has 4 heteroatoms. The number of hydrogen-bond donors (Lipinski definition) is 0. The van der Waals surface area contributed by atoms with Gasteiger partial charge >= 0.3 is 0 Å². The van der Waals surface area contributed by atoms with Gasteiger partial charge in [-0.05, 0) is 31.5 Å². The molecule has 2 rings (SSSR count). The van der Waals surface area contributed by atoms with E-state index < -0.39 is 0 Å². The minimum atomic E-state index is -0.0986. The van der Waals surface area contributed by atoms with Crippen molar-refractivity contribution in [3.8, 4) is 5.75 Å². The van der Waals surface area contributed by atoms with Crippen molar-refractivity contribution in [2.75, 3.05) is 6.61 Å². The third kappa shape index (κ3) is 3.33. The van der Waals surface area contributed by atoms with E-state index in [0.29, 0.717) is 21.4 Å². The first-order valence-corrected chi connectivity index (χ1v) is 6.92. The van der Waals surface area contributed by atoms with Crippen molar-refractivity contribution in [1.29, 1.82) is 0 Å². The van der Waals surface area contributed by atoms with Crippen LogP contribution in [0.5, 0.6) is 5.75 Å². The normalized spacial score (nSPS) is 10.4. The summed E-state index contributed by atoms with van der Waals surface area (Å²) in [5.41, 5.74) is 2.71. The van der Waals surface area contributed by atoms with Crippen LogP contribution in [0, 0.1) is 13.8 Å². The zero-order valence-electron chi connectivity index (χ0n) is 11.2. The lowest BCUT2D eigenvalue weighted by atomic mass is 10.0. The quantitative estimate of drug-likeness (QED) is 0.753. The molecule has 0 unspecified atom stereocenters. The highest BCUT2D eigenvalue weighted by atomic mass is 35.5. The molecule has 0 saturated carbocycles. The van der Waals surface area contributed by atoms with Gasteiger partial charge in [-0.15, -0.1) is 0 Å². The number of carbonyl (C=O) groups is 1. The van der Waals surface area contributed by atoms with E-state index in [1.807, 2.05) is 32.0 Å². The van der Waals surface area contributed by atoms with Gasteiger partial charge in [-0.1, -0.05) is 53.0 Å². The molecular formula is C16H14Cl2O2. The first-order chi connectivity index (χ1) is 9.49. The predicted molar refractivity (Wildman–Crippen MR) is 82.2 cm³/mol. The average Bonchev–Trinajstić information content (AvgIpc) is 2.37. The van der Waals surface area contributed by atoms with Crippen LogP contribution in [0.15, 0.2) is 36.4 Å². The highest BCUT2D eigenvalue weighted by Gasteiger charge is 2.13. The Labute approximate surface area is 128 Å². The number of halogens is 2. The number of carbonyl (C=O) groups excluding carboxylic acids is 1. The molecule has 2 aromatic rings. The Hall–Kier alpha value is -1.51. The molecule has 104 valence electrons. The predicted octanol–water partition coefficient (Wildman–Crippen LogP) is 4.87. The zero-order valence-corrected chi connectivity index (χ0v) is 12.8. The lowest BCUT2D eigenvalue weighted by molar-refractivity contribution is 0.0921. The second-order valence-corrected chi connectivity index (χ2v) is 5.40. The van der Waals surface area contributed by atoms with E-state index in [4.69, 9.17) is 27.9 Å². The second-order valence-electron chi connectivity index (χ2n) is 4.58. The first kappa shape index (κ1) is 14.9. The average molecular weight is 309 g/mol. The largest absolute Gasteiger partial charge is 0.482 e. The number of ether oxygens (including phenoxy) is 1. The molecule has 0 atom stereocenters. The number of ketones is 1. The van der Waals surface area contributed by atoms with Crippen molar-refractivity contribution in [3.63, 3.8) is 0 Å². The topological polar surface area (TPSA) is 26.3 Å². The van der Waals surface area contributed by atoms with Crippen LogP contribution in [0.3, 0.4) is 0 Å². The molecule has 2 aromatic carbocycles. The van der Waals surface area contributed by atoms with E-state index in [1.165, 1.54) is 0 Å². The van der Waals surface area contributed by atoms with E-state index in [0.717, 1.165) is 11.1 Å². The lowest BCUT2D eigenvalue weighted by Crippen LogP contribution is -2.13. The highest BCUT2D eigenvalue weighted by molar-refractivity contribution is 6.37. The van der Waals surface area contributed by atoms with Crippen LogP contribution in [-0.2, 0) is 0 Å². The van der Waals surface area contributed by atoms with Crippen molar-refractivity contribution in [3.05, 3.63) is 63.1 Å². The fourth-order valence-corrected chi connectivity index (χ4v) is 2.47. The van der Waals surface area contributed by atoms with Crippen molar-refractivity contribution < 1.29 is 9.53 Å². The summed E-state index contributed by atoms with van der Waals surface area (Å²) in [5, 5.41) is 0.789. The Morgan fingerprint density at radius 1 is 1.10 bits per heavy atom. The van der Waals surface area contributed by atoms with Gasteiger partial charge < -0.3 is 4.74 Å². The first-order valence-electron chi connectivity index (χ1n) is 6.16. The number of hydrogen-bond acceptors (Lipinski definition) is 2. The maximum atomic E-state index is 12.2. The van der Waals surface area contributed by atoms with E-state index in [1.54, 1.807) is 18.2 Å². The van der Waals surface area contributed by atoms with Gasteiger partial charge in [0.2, 0.25) is 0 Å². The number of rotatable bonds is 4. The van der Waals surface area contributed by atoms with Gasteiger partial charge in [0.25, 0.3) is 0 Å². The number of para-hydroxylation sites is 1. The Balaban J connectivity index is 2.13. The van der Waals surface area contributed by atoms with Crippen LogP contribution >= 0.6 is 23.2 Å². The van der Waals surface area contributed by atoms with E-state index >= 15 is 0 Å². The molecule has 0 radical (unpaired) electrons. The van der Waals surface area contributed by atoms with Crippen molar-refractivity contribution in [1.82, 2.24) is 0 Å². The molecule has 20 heavy (non-hydrogen) atoms. The Bertz CT molecular complexity index is 631. The molecule has 0 amide bonds. The Kier molecular flexibility index (Phi) is 4.69. The van der Waals surface area contributed by atoms with Crippen LogP contribution in [0.4, 0.5) is 0 Å². The number of benzene rings is 2. The summed E-state index contributed by atoms with van der Waals surface area (Å²) in [6.07, 6.45) is 0. The summed E-state index contributed by atoms with van der Waals surface area (Å²) < 4.78 is 5.46. The van der Waals surface area contributed by atoms with Gasteiger partial charge in [0.05, 0.1) is 10.0 Å². The SMILES string of the molecule is Cc1ccc(C(=O)COc2c(Cl)cccc2Cl)c(C)c1. The molecular weight excluding hydrogens is 295 g/mol. The molecule has 0 bridgehead atoms. The van der Waals surface area contributed by atoms with Crippen molar-refractivity contribution in [2.24, 2.45) is 0 Å². The Morgan fingerprint density at radius 3 is 2.35 bits per heavy atom. The molecule has 0 spiro atoms. The van der Waals surface area contributed by atoms with Crippen molar-refractivity contribution in [2.45, 2.75) is 13.8 Å². The maximum Gasteiger partial charge on any atom is 0.200 e. The van der Waals surface area contributed by atoms with E-state index in [2.05, 4.69) is 0 Å². The van der Waals surface area contributed by atoms with Crippen LogP contribution in [0.25, 0.3) is 0 Å². The standard InChI is InChI=1S/C16H14Cl2O2/c1-10-6-7-12(11(2)8-10)15(19)9-20-16-13(17)4-3-5-14(16)18/h3-8H,9H2,1-2H3. The summed E-state index contributed by atoms with van der Waals surface area (Å²) in [7, 11) is 0. The molecule has 2 nitrogen and oxygen atoms in total. The third-order valence-electron chi connectivity index (χ3n) is 2.95. The van der Waals surface area contributed by atoms with Gasteiger partial charge in [-0.25, -0.2) is 0 Å². The molecule has 0 fully saturated rings. The minimum Gasteiger partial charge on any atom is -0.482 e. The smallest absolute Gasteiger partial charge is 0.200 e. The van der Waals surface area contributed by atoms with Gasteiger partial charge in [-0.3, -0.25) is 4.79 Å². The van der Waals surface area contributed by atoms with Gasteiger partial charge in [-0.2, -0.15) is 0 Å². The zero-order chi connectivity index (χ0) is 14.7. The Morgan fingerprint density at radius 2 is 1.75 bits per heavy atom. The summed E-state index contributed by atoms with van der Waals surface area (Å²) in [6.45, 7) is 3.80. The van der Waals surface area contributed by atoms with E-state index in [-0.39, 0.29) is 12.4 Å². The number of aryl methyl sites for hydroxylation is 2. The third-order valence-corrected chi connectivity index (χ3v) is 3.54. The summed E-state index contributed by atoms with van der Waals surface area (Å²) in [5.74, 6) is 0.243. The van der Waals surface area contributed by atoms with Crippen molar-refractivity contribution >= 4 is 29.0 Å². The fourth-order valence-electron chi connectivity index (χ4n) is 1.96. The number of Topliss-reactive ketones (excluding diaryl/α,β-unsaturated/α-hetero) is 1. The molecule has 0 saturated heterocycles.